The Bertz CT molecular complexity index is 1640. The third kappa shape index (κ3) is 4.16. The lowest BCUT2D eigenvalue weighted by Gasteiger charge is -2.14. The van der Waals surface area contributed by atoms with Crippen LogP contribution in [0.15, 0.2) is 66.7 Å². The number of nitrogens with zero attached hydrogens (tertiary/aromatic N) is 3. The zero-order valence-corrected chi connectivity index (χ0v) is 22.9. The van der Waals surface area contributed by atoms with Crippen LogP contribution in [0.5, 0.6) is 0 Å². The van der Waals surface area contributed by atoms with E-state index in [0.29, 0.717) is 10.0 Å². The lowest BCUT2D eigenvalue weighted by atomic mass is 9.97. The smallest absolute Gasteiger partial charge is 0.162 e. The first-order valence-electron chi connectivity index (χ1n) is 12.8. The van der Waals surface area contributed by atoms with Crippen LogP contribution in [0, 0.1) is 20.8 Å². The Morgan fingerprint density at radius 2 is 1.57 bits per heavy atom. The molecule has 1 aliphatic heterocycles. The number of benzene rings is 3. The van der Waals surface area contributed by atoms with E-state index in [1.54, 1.807) is 0 Å². The molecular weight excluding hydrogens is 496 g/mol. The summed E-state index contributed by atoms with van der Waals surface area (Å²) in [6, 6.07) is 23.2. The van der Waals surface area contributed by atoms with E-state index in [9.17, 15) is 0 Å². The highest BCUT2D eigenvalue weighted by Gasteiger charge is 2.29. The first-order chi connectivity index (χ1) is 17.9. The lowest BCUT2D eigenvalue weighted by molar-refractivity contribution is 0.645. The molecule has 0 unspecified atom stereocenters. The number of rotatable bonds is 4. The van der Waals surface area contributed by atoms with Crippen LogP contribution in [-0.2, 0) is 13.0 Å². The van der Waals surface area contributed by atoms with Crippen LogP contribution in [0.25, 0.3) is 28.2 Å². The Balaban J connectivity index is 1.61. The van der Waals surface area contributed by atoms with Gasteiger partial charge in [0.2, 0.25) is 0 Å². The summed E-state index contributed by atoms with van der Waals surface area (Å²) in [7, 11) is 0. The van der Waals surface area contributed by atoms with E-state index < -0.39 is 0 Å². The molecule has 37 heavy (non-hydrogen) atoms. The largest absolute Gasteiger partial charge is 0.345 e. The highest BCUT2D eigenvalue weighted by atomic mass is 35.5. The Hall–Kier alpha value is -3.41. The minimum atomic E-state index is 0.642. The third-order valence-corrected chi connectivity index (χ3v) is 8.07. The lowest BCUT2D eigenvalue weighted by Crippen LogP contribution is -2.15. The molecule has 4 nitrogen and oxygen atoms in total. The van der Waals surface area contributed by atoms with Crippen molar-refractivity contribution in [3.63, 3.8) is 0 Å². The van der Waals surface area contributed by atoms with Crippen molar-refractivity contribution in [2.24, 2.45) is 0 Å². The molecule has 6 heteroatoms. The van der Waals surface area contributed by atoms with Gasteiger partial charge in [-0.25, -0.2) is 4.52 Å². The Morgan fingerprint density at radius 3 is 2.27 bits per heavy atom. The minimum absolute atomic E-state index is 0.642. The number of nitrogens with one attached hydrogen (secondary N) is 1. The first kappa shape index (κ1) is 24.0. The van der Waals surface area contributed by atoms with Gasteiger partial charge in [-0.2, -0.15) is 0 Å². The molecule has 0 saturated heterocycles. The number of aryl methyl sites for hydroxylation is 4. The van der Waals surface area contributed by atoms with Gasteiger partial charge < -0.3 is 9.88 Å². The van der Waals surface area contributed by atoms with Crippen molar-refractivity contribution in [1.82, 2.24) is 14.2 Å². The Kier molecular flexibility index (Phi) is 6.13. The topological polar surface area (TPSA) is 34.3 Å². The number of aromatic nitrogens is 3. The maximum absolute atomic E-state index is 6.43. The summed E-state index contributed by atoms with van der Waals surface area (Å²) in [5.74, 6) is 0.983. The van der Waals surface area contributed by atoms with Crippen LogP contribution in [0.4, 0.5) is 5.69 Å². The van der Waals surface area contributed by atoms with Crippen molar-refractivity contribution >= 4 is 40.1 Å². The zero-order chi connectivity index (χ0) is 25.7. The zero-order valence-electron chi connectivity index (χ0n) is 21.3. The normalized spacial score (nSPS) is 13.1. The Labute approximate surface area is 227 Å². The van der Waals surface area contributed by atoms with Gasteiger partial charge in [-0.3, -0.25) is 0 Å². The van der Waals surface area contributed by atoms with Crippen molar-refractivity contribution in [1.29, 1.82) is 0 Å². The molecule has 3 aromatic carbocycles. The van der Waals surface area contributed by atoms with Crippen molar-refractivity contribution in [3.05, 3.63) is 99.7 Å². The van der Waals surface area contributed by atoms with Gasteiger partial charge >= 0.3 is 0 Å². The predicted octanol–water partition coefficient (Wildman–Crippen LogP) is 8.17. The number of anilines is 1. The highest BCUT2D eigenvalue weighted by Crippen LogP contribution is 2.39. The molecule has 1 aliphatic rings. The summed E-state index contributed by atoms with van der Waals surface area (Å²) >= 11 is 12.6. The molecule has 3 heterocycles. The average molecular weight is 525 g/mol. The standard InChI is InChI=1S/C31H29ClN4S/c1-19-10-14-22(15-11-19)27-24-7-4-5-18-35-29(23-16-12-20(2)13-17-23)34-36(31(24)35)28(27)30(37)33-26-9-6-8-25(32)21(26)3/h6,8-17H,4-5,7,18H2,1-3H3,(H,33,37). The molecule has 0 spiro atoms. The molecule has 0 fully saturated rings. The van der Waals surface area contributed by atoms with Crippen molar-refractivity contribution in [2.75, 3.05) is 5.32 Å². The van der Waals surface area contributed by atoms with Gasteiger partial charge in [0.1, 0.15) is 16.3 Å². The maximum Gasteiger partial charge on any atom is 0.162 e. The fourth-order valence-corrected chi connectivity index (χ4v) is 5.79. The van der Waals surface area contributed by atoms with Crippen molar-refractivity contribution in [2.45, 2.75) is 46.6 Å². The monoisotopic (exact) mass is 524 g/mol. The van der Waals surface area contributed by atoms with Crippen molar-refractivity contribution < 1.29 is 0 Å². The number of halogens is 1. The summed E-state index contributed by atoms with van der Waals surface area (Å²) in [6.07, 6.45) is 3.23. The summed E-state index contributed by atoms with van der Waals surface area (Å²) < 4.78 is 4.47. The molecule has 186 valence electrons. The Morgan fingerprint density at radius 1 is 0.892 bits per heavy atom. The summed E-state index contributed by atoms with van der Waals surface area (Å²) in [5.41, 5.74) is 11.2. The average Bonchev–Trinajstić information content (AvgIpc) is 3.30. The SMILES string of the molecule is Cc1ccc(-c2c3c4n(c(-c5ccc(C)cc5)nn4c2C(=S)Nc2cccc(Cl)c2C)CCCC3)cc1. The van der Waals surface area contributed by atoms with Crippen LogP contribution in [-0.4, -0.2) is 19.2 Å². The predicted molar refractivity (Wildman–Crippen MR) is 158 cm³/mol. The van der Waals surface area contributed by atoms with Crippen LogP contribution in [0.1, 0.15) is 40.8 Å². The molecule has 0 radical (unpaired) electrons. The van der Waals surface area contributed by atoms with E-state index in [0.717, 1.165) is 59.8 Å². The molecule has 0 bridgehead atoms. The highest BCUT2D eigenvalue weighted by molar-refractivity contribution is 7.81. The fraction of sp³-hybridized carbons (Fsp3) is 0.226. The quantitative estimate of drug-likeness (QED) is 0.241. The molecule has 0 saturated carbocycles. The van der Waals surface area contributed by atoms with Crippen molar-refractivity contribution in [3.8, 4) is 22.5 Å². The van der Waals surface area contributed by atoms with Gasteiger partial charge in [-0.1, -0.05) is 89.5 Å². The second-order valence-electron chi connectivity index (χ2n) is 9.97. The van der Waals surface area contributed by atoms with E-state index in [1.807, 2.05) is 25.1 Å². The van der Waals surface area contributed by atoms with E-state index >= 15 is 0 Å². The van der Waals surface area contributed by atoms with Gasteiger partial charge in [-0.15, -0.1) is 5.10 Å². The number of hydrogen-bond acceptors (Lipinski definition) is 2. The molecule has 5 aromatic rings. The summed E-state index contributed by atoms with van der Waals surface area (Å²) in [4.78, 5) is 0.642. The number of hydrogen-bond donors (Lipinski definition) is 1. The summed E-state index contributed by atoms with van der Waals surface area (Å²) in [6.45, 7) is 7.18. The minimum Gasteiger partial charge on any atom is -0.345 e. The molecule has 0 aliphatic carbocycles. The number of thiocarbonyl (C=S) groups is 1. The van der Waals surface area contributed by atoms with Gasteiger partial charge in [0.05, 0.1) is 0 Å². The molecule has 6 rings (SSSR count). The van der Waals surface area contributed by atoms with Gasteiger partial charge in [0, 0.05) is 33.9 Å². The van der Waals surface area contributed by atoms with Crippen LogP contribution in [0.2, 0.25) is 5.02 Å². The van der Waals surface area contributed by atoms with Gasteiger partial charge in [0.25, 0.3) is 0 Å². The maximum atomic E-state index is 6.43. The van der Waals surface area contributed by atoms with E-state index in [2.05, 4.69) is 76.8 Å². The molecule has 1 N–H and O–H groups in total. The van der Waals surface area contributed by atoms with Crippen LogP contribution < -0.4 is 5.32 Å². The third-order valence-electron chi connectivity index (χ3n) is 7.37. The van der Waals surface area contributed by atoms with E-state index in [1.165, 1.54) is 27.8 Å². The fourth-order valence-electron chi connectivity index (χ4n) is 5.32. The van der Waals surface area contributed by atoms with Gasteiger partial charge in [-0.05, 0) is 63.3 Å². The molecule has 0 amide bonds. The molecular formula is C31H29ClN4S. The second kappa shape index (κ2) is 9.47. The summed E-state index contributed by atoms with van der Waals surface area (Å²) in [5, 5.41) is 9.44. The van der Waals surface area contributed by atoms with Crippen LogP contribution >= 0.6 is 23.8 Å². The molecule has 0 atom stereocenters. The van der Waals surface area contributed by atoms with Gasteiger partial charge in [0.15, 0.2) is 5.82 Å². The first-order valence-corrected chi connectivity index (χ1v) is 13.6. The molecule has 2 aromatic heterocycles. The van der Waals surface area contributed by atoms with Crippen LogP contribution in [0.3, 0.4) is 0 Å². The second-order valence-corrected chi connectivity index (χ2v) is 10.8. The van der Waals surface area contributed by atoms with E-state index in [4.69, 9.17) is 28.9 Å². The van der Waals surface area contributed by atoms with E-state index in [-0.39, 0.29) is 0 Å².